The largest absolute Gasteiger partial charge is 0.497 e. The van der Waals surface area contributed by atoms with E-state index in [4.69, 9.17) is 9.72 Å². The van der Waals surface area contributed by atoms with Crippen molar-refractivity contribution in [3.05, 3.63) is 30.2 Å². The summed E-state index contributed by atoms with van der Waals surface area (Å²) < 4.78 is 5.38. The van der Waals surface area contributed by atoms with Crippen molar-refractivity contribution >= 4 is 10.9 Å². The highest BCUT2D eigenvalue weighted by molar-refractivity contribution is 5.79. The Bertz CT molecular complexity index is 1140. The van der Waals surface area contributed by atoms with Crippen molar-refractivity contribution in [1.82, 2.24) is 9.97 Å². The first-order valence-corrected chi connectivity index (χ1v) is 14.9. The van der Waals surface area contributed by atoms with E-state index in [9.17, 15) is 10.2 Å². The number of hydrogen-bond donors (Lipinski definition) is 2. The van der Waals surface area contributed by atoms with E-state index in [0.717, 1.165) is 66.9 Å². The molecule has 202 valence electrons. The summed E-state index contributed by atoms with van der Waals surface area (Å²) in [6.07, 6.45) is 12.6. The van der Waals surface area contributed by atoms with Gasteiger partial charge in [-0.25, -0.2) is 9.97 Å². The van der Waals surface area contributed by atoms with Crippen LogP contribution in [0.2, 0.25) is 0 Å². The molecule has 4 aliphatic carbocycles. The third kappa shape index (κ3) is 4.11. The van der Waals surface area contributed by atoms with Crippen molar-refractivity contribution in [3.8, 4) is 5.75 Å². The highest BCUT2D eigenvalue weighted by Gasteiger charge is 2.63. The Hall–Kier alpha value is -1.72. The molecule has 37 heavy (non-hydrogen) atoms. The number of rotatable bonds is 5. The van der Waals surface area contributed by atoms with Crippen LogP contribution in [0.1, 0.15) is 84.4 Å². The van der Waals surface area contributed by atoms with Gasteiger partial charge in [0.2, 0.25) is 0 Å². The number of aromatic nitrogens is 2. The summed E-state index contributed by atoms with van der Waals surface area (Å²) in [5.41, 5.74) is 1.25. The summed E-state index contributed by atoms with van der Waals surface area (Å²) in [6.45, 7) is 7.34. The molecule has 0 aliphatic heterocycles. The van der Waals surface area contributed by atoms with Crippen LogP contribution in [0.4, 0.5) is 0 Å². The van der Waals surface area contributed by atoms with Gasteiger partial charge >= 0.3 is 0 Å². The molecule has 0 bridgehead atoms. The normalized spacial score (nSPS) is 42.1. The van der Waals surface area contributed by atoms with Crippen LogP contribution in [0.25, 0.3) is 10.9 Å². The van der Waals surface area contributed by atoms with Gasteiger partial charge < -0.3 is 14.9 Å². The number of hydrogen-bond acceptors (Lipinski definition) is 5. The summed E-state index contributed by atoms with van der Waals surface area (Å²) in [7, 11) is 1.69. The molecule has 5 heteroatoms. The summed E-state index contributed by atoms with van der Waals surface area (Å²) in [6, 6.07) is 5.96. The van der Waals surface area contributed by atoms with Crippen molar-refractivity contribution in [1.29, 1.82) is 0 Å². The van der Waals surface area contributed by atoms with E-state index < -0.39 is 0 Å². The second kappa shape index (κ2) is 9.48. The fourth-order valence-electron chi connectivity index (χ4n) is 10.0. The molecule has 10 atom stereocenters. The molecule has 4 saturated carbocycles. The number of nitrogens with zero attached hydrogens (tertiary/aromatic N) is 2. The summed E-state index contributed by atoms with van der Waals surface area (Å²) in [4.78, 5) is 9.50. The quantitative estimate of drug-likeness (QED) is 0.505. The molecule has 0 spiro atoms. The van der Waals surface area contributed by atoms with Crippen LogP contribution >= 0.6 is 0 Å². The first-order chi connectivity index (χ1) is 17.7. The molecule has 1 aromatic carbocycles. The molecule has 4 fully saturated rings. The minimum absolute atomic E-state index is 0.00949. The number of fused-ring (bicyclic) bond motifs is 6. The van der Waals surface area contributed by atoms with Crippen molar-refractivity contribution in [2.24, 2.45) is 46.3 Å². The van der Waals surface area contributed by atoms with Gasteiger partial charge in [-0.1, -0.05) is 20.8 Å². The van der Waals surface area contributed by atoms with Crippen LogP contribution in [0.5, 0.6) is 5.75 Å². The zero-order valence-corrected chi connectivity index (χ0v) is 23.2. The van der Waals surface area contributed by atoms with E-state index >= 15 is 0 Å². The maximum absolute atomic E-state index is 11.8. The molecule has 0 saturated heterocycles. The van der Waals surface area contributed by atoms with Crippen LogP contribution in [0.3, 0.4) is 0 Å². The van der Waals surface area contributed by atoms with E-state index in [2.05, 4.69) is 25.8 Å². The first kappa shape index (κ1) is 25.6. The lowest BCUT2D eigenvalue weighted by molar-refractivity contribution is -0.174. The molecular weight excluding hydrogens is 460 g/mol. The fraction of sp³-hybridized carbons (Fsp3) is 0.750. The first-order valence-electron chi connectivity index (χ1n) is 14.9. The average Bonchev–Trinajstić information content (AvgIpc) is 3.26. The molecule has 0 radical (unpaired) electrons. The van der Waals surface area contributed by atoms with Crippen LogP contribution in [-0.2, 0) is 6.42 Å². The lowest BCUT2D eigenvalue weighted by Crippen LogP contribution is -2.58. The zero-order chi connectivity index (χ0) is 25.9. The second-order valence-corrected chi connectivity index (χ2v) is 13.6. The van der Waals surface area contributed by atoms with Crippen molar-refractivity contribution in [2.75, 3.05) is 7.11 Å². The Kier molecular flexibility index (Phi) is 6.55. The SMILES string of the molecule is COc1ccc2cnc(CC[C@@H](C)[C@H]3CC[C@H]4[C@@H]5CC[C@@H]6C[C@H](O)CC[C@]6(C)C5C[C@H](O)[C@]34C)nc2c1. The van der Waals surface area contributed by atoms with Crippen LogP contribution in [-0.4, -0.2) is 39.5 Å². The minimum atomic E-state index is -0.222. The van der Waals surface area contributed by atoms with Gasteiger partial charge in [0, 0.05) is 24.1 Å². The number of methoxy groups -OCH3 is 1. The van der Waals surface area contributed by atoms with Gasteiger partial charge in [-0.3, -0.25) is 0 Å². The Balaban J connectivity index is 1.17. The van der Waals surface area contributed by atoms with Gasteiger partial charge in [-0.2, -0.15) is 0 Å². The fourth-order valence-corrected chi connectivity index (χ4v) is 10.0. The number of aliphatic hydroxyl groups is 2. The van der Waals surface area contributed by atoms with E-state index in [1.807, 2.05) is 24.4 Å². The van der Waals surface area contributed by atoms with E-state index in [-0.39, 0.29) is 17.6 Å². The molecule has 2 N–H and O–H groups in total. The highest BCUT2D eigenvalue weighted by atomic mass is 16.5. The average molecular weight is 507 g/mol. The van der Waals surface area contributed by atoms with Crippen LogP contribution < -0.4 is 4.74 Å². The molecule has 6 rings (SSSR count). The Labute approximate surface area is 222 Å². The molecule has 4 aliphatic rings. The minimum Gasteiger partial charge on any atom is -0.497 e. The molecule has 5 nitrogen and oxygen atoms in total. The molecular formula is C32H46N2O3. The Morgan fingerprint density at radius 1 is 1.05 bits per heavy atom. The Morgan fingerprint density at radius 2 is 1.89 bits per heavy atom. The van der Waals surface area contributed by atoms with Gasteiger partial charge in [0.25, 0.3) is 0 Å². The van der Waals surface area contributed by atoms with Crippen LogP contribution in [0, 0.1) is 46.3 Å². The summed E-state index contributed by atoms with van der Waals surface area (Å²) in [5.74, 6) is 5.42. The molecule has 1 unspecified atom stereocenters. The number of benzene rings is 1. The van der Waals surface area contributed by atoms with Gasteiger partial charge in [-0.05, 0) is 116 Å². The molecule has 0 amide bonds. The van der Waals surface area contributed by atoms with Gasteiger partial charge in [0.1, 0.15) is 11.6 Å². The number of aliphatic hydroxyl groups excluding tert-OH is 2. The highest BCUT2D eigenvalue weighted by Crippen LogP contribution is 2.68. The van der Waals surface area contributed by atoms with E-state index in [1.165, 1.54) is 25.7 Å². The monoisotopic (exact) mass is 506 g/mol. The second-order valence-electron chi connectivity index (χ2n) is 13.6. The van der Waals surface area contributed by atoms with Crippen molar-refractivity contribution in [2.45, 2.75) is 97.2 Å². The maximum atomic E-state index is 11.8. The third-order valence-electron chi connectivity index (χ3n) is 12.2. The summed E-state index contributed by atoms with van der Waals surface area (Å²) in [5, 5.41) is 23.2. The molecule has 1 heterocycles. The molecule has 2 aromatic rings. The lowest BCUT2D eigenvalue weighted by Gasteiger charge is -2.62. The van der Waals surface area contributed by atoms with Gasteiger partial charge in [-0.15, -0.1) is 0 Å². The van der Waals surface area contributed by atoms with E-state index in [1.54, 1.807) is 7.11 Å². The topological polar surface area (TPSA) is 75.5 Å². The zero-order valence-electron chi connectivity index (χ0n) is 23.2. The summed E-state index contributed by atoms with van der Waals surface area (Å²) >= 11 is 0. The van der Waals surface area contributed by atoms with Crippen molar-refractivity contribution in [3.63, 3.8) is 0 Å². The predicted octanol–water partition coefficient (Wildman–Crippen LogP) is 6.20. The third-order valence-corrected chi connectivity index (χ3v) is 12.2. The lowest BCUT2D eigenvalue weighted by atomic mass is 9.43. The smallest absolute Gasteiger partial charge is 0.128 e. The number of aryl methyl sites for hydroxylation is 1. The van der Waals surface area contributed by atoms with Crippen LogP contribution in [0.15, 0.2) is 24.4 Å². The van der Waals surface area contributed by atoms with Gasteiger partial charge in [0.15, 0.2) is 0 Å². The van der Waals surface area contributed by atoms with Gasteiger partial charge in [0.05, 0.1) is 24.8 Å². The van der Waals surface area contributed by atoms with E-state index in [0.29, 0.717) is 35.0 Å². The maximum Gasteiger partial charge on any atom is 0.128 e. The Morgan fingerprint density at radius 3 is 2.70 bits per heavy atom. The number of ether oxygens (including phenoxy) is 1. The van der Waals surface area contributed by atoms with Crippen molar-refractivity contribution < 1.29 is 14.9 Å². The molecule has 1 aromatic heterocycles. The predicted molar refractivity (Wildman–Crippen MR) is 146 cm³/mol. The standard InChI is InChI=1S/C32H46N2O3/c1-19(5-12-30-33-18-20-6-8-23(37-4)16-28(20)34-30)25-10-11-26-24-9-7-21-15-22(35)13-14-31(21,2)27(24)17-29(36)32(25,26)3/h6,8,16,18-19,21-22,24-27,29,35-36H,5,7,9-15,17H2,1-4H3/t19-,21-,22-,24+,25-,26+,27?,29+,31+,32-/m1/s1.